The predicted molar refractivity (Wildman–Crippen MR) is 59.8 cm³/mol. The molecule has 0 heterocycles. The summed E-state index contributed by atoms with van der Waals surface area (Å²) in [5, 5.41) is 0. The molecule has 0 radical (unpaired) electrons. The average molecular weight is 224 g/mol. The zero-order valence-corrected chi connectivity index (χ0v) is 10.5. The highest BCUT2D eigenvalue weighted by Crippen LogP contribution is 2.64. The molecule has 0 N–H and O–H groups in total. The van der Waals surface area contributed by atoms with E-state index in [2.05, 4.69) is 13.8 Å². The summed E-state index contributed by atoms with van der Waals surface area (Å²) in [6.07, 6.45) is 1.79. The second-order valence-electron chi connectivity index (χ2n) is 5.83. The van der Waals surface area contributed by atoms with Crippen molar-refractivity contribution in [3.05, 3.63) is 0 Å². The van der Waals surface area contributed by atoms with Crippen LogP contribution in [0.15, 0.2) is 0 Å². The van der Waals surface area contributed by atoms with Crippen LogP contribution in [0, 0.1) is 16.7 Å². The summed E-state index contributed by atoms with van der Waals surface area (Å²) in [6, 6.07) is 0. The van der Waals surface area contributed by atoms with Gasteiger partial charge in [-0.3, -0.25) is 9.59 Å². The quantitative estimate of drug-likeness (QED) is 0.676. The van der Waals surface area contributed by atoms with Crippen LogP contribution in [0.5, 0.6) is 0 Å². The second kappa shape index (κ2) is 3.31. The highest BCUT2D eigenvalue weighted by molar-refractivity contribution is 5.95. The van der Waals surface area contributed by atoms with Crippen LogP contribution in [0.4, 0.5) is 0 Å². The molecule has 0 aliphatic heterocycles. The standard InChI is InChI=1S/C13H20O3/c1-5-9(14)16-10-8-6-7-13(4,11(10)15)12(8,2)3/h8,10H,5-7H2,1-4H3. The first kappa shape index (κ1) is 11.6. The van der Waals surface area contributed by atoms with E-state index in [0.29, 0.717) is 6.42 Å². The first-order valence-electron chi connectivity index (χ1n) is 6.08. The van der Waals surface area contributed by atoms with Gasteiger partial charge >= 0.3 is 5.97 Å². The molecule has 0 aromatic heterocycles. The van der Waals surface area contributed by atoms with Crippen molar-refractivity contribution in [1.29, 1.82) is 0 Å². The maximum absolute atomic E-state index is 12.3. The zero-order chi connectivity index (χ0) is 12.1. The van der Waals surface area contributed by atoms with Crippen molar-refractivity contribution in [3.8, 4) is 0 Å². The lowest BCUT2D eigenvalue weighted by molar-refractivity contribution is -0.158. The van der Waals surface area contributed by atoms with Crippen molar-refractivity contribution in [2.24, 2.45) is 16.7 Å². The van der Waals surface area contributed by atoms with Gasteiger partial charge in [0.2, 0.25) is 0 Å². The number of ether oxygens (including phenoxy) is 1. The molecule has 2 fully saturated rings. The largest absolute Gasteiger partial charge is 0.454 e. The molecule has 16 heavy (non-hydrogen) atoms. The number of ketones is 1. The lowest BCUT2D eigenvalue weighted by atomic mass is 9.70. The Morgan fingerprint density at radius 2 is 2.06 bits per heavy atom. The van der Waals surface area contributed by atoms with Crippen LogP contribution in [0.1, 0.15) is 47.0 Å². The minimum Gasteiger partial charge on any atom is -0.454 e. The van der Waals surface area contributed by atoms with Crippen molar-refractivity contribution < 1.29 is 14.3 Å². The van der Waals surface area contributed by atoms with E-state index in [1.807, 2.05) is 6.92 Å². The Kier molecular flexibility index (Phi) is 2.41. The van der Waals surface area contributed by atoms with E-state index < -0.39 is 6.10 Å². The number of hydrogen-bond acceptors (Lipinski definition) is 3. The topological polar surface area (TPSA) is 43.4 Å². The summed E-state index contributed by atoms with van der Waals surface area (Å²) in [4.78, 5) is 23.6. The monoisotopic (exact) mass is 224 g/mol. The maximum atomic E-state index is 12.3. The molecular weight excluding hydrogens is 204 g/mol. The smallest absolute Gasteiger partial charge is 0.306 e. The molecule has 3 heteroatoms. The van der Waals surface area contributed by atoms with Gasteiger partial charge in [-0.15, -0.1) is 0 Å². The van der Waals surface area contributed by atoms with Crippen LogP contribution >= 0.6 is 0 Å². The van der Waals surface area contributed by atoms with Crippen LogP contribution in [0.2, 0.25) is 0 Å². The molecule has 3 nitrogen and oxygen atoms in total. The lowest BCUT2D eigenvalue weighted by Crippen LogP contribution is -2.37. The van der Waals surface area contributed by atoms with Crippen molar-refractivity contribution >= 4 is 11.8 Å². The Labute approximate surface area is 96.5 Å². The Bertz CT molecular complexity index is 345. The Hall–Kier alpha value is -0.860. The van der Waals surface area contributed by atoms with Crippen molar-refractivity contribution in [3.63, 3.8) is 0 Å². The Morgan fingerprint density at radius 1 is 1.44 bits per heavy atom. The molecule has 0 aromatic rings. The minimum atomic E-state index is -0.485. The van der Waals surface area contributed by atoms with Crippen LogP contribution in [-0.2, 0) is 14.3 Å². The molecule has 0 aromatic carbocycles. The number of hydrogen-bond donors (Lipinski definition) is 0. The summed E-state index contributed by atoms with van der Waals surface area (Å²) in [6.45, 7) is 8.03. The second-order valence-corrected chi connectivity index (χ2v) is 5.83. The number of Topliss-reactive ketones (excluding diaryl/α,β-unsaturated/α-hetero) is 1. The van der Waals surface area contributed by atoms with Gasteiger partial charge in [-0.05, 0) is 18.3 Å². The SMILES string of the molecule is CCC(=O)OC1C(=O)C2(C)CCC1C2(C)C. The normalized spacial score (nSPS) is 40.1. The third kappa shape index (κ3) is 1.20. The van der Waals surface area contributed by atoms with Gasteiger partial charge in [-0.25, -0.2) is 0 Å². The molecule has 3 atom stereocenters. The zero-order valence-electron chi connectivity index (χ0n) is 10.5. The molecule has 2 rings (SSSR count). The highest BCUT2D eigenvalue weighted by atomic mass is 16.5. The summed E-state index contributed by atoms with van der Waals surface area (Å²) < 4.78 is 5.32. The van der Waals surface area contributed by atoms with E-state index in [-0.39, 0.29) is 28.5 Å². The predicted octanol–water partition coefficient (Wildman–Crippen LogP) is 2.33. The summed E-state index contributed by atoms with van der Waals surface area (Å²) in [7, 11) is 0. The minimum absolute atomic E-state index is 0.0389. The van der Waals surface area contributed by atoms with Crippen molar-refractivity contribution in [2.75, 3.05) is 0 Å². The van der Waals surface area contributed by atoms with Gasteiger partial charge in [0.05, 0.1) is 0 Å². The van der Waals surface area contributed by atoms with Crippen LogP contribution in [-0.4, -0.2) is 17.9 Å². The number of carbonyl (C=O) groups is 2. The molecule has 90 valence electrons. The summed E-state index contributed by atoms with van der Waals surface area (Å²) in [5.41, 5.74) is -0.334. The van der Waals surface area contributed by atoms with E-state index in [9.17, 15) is 9.59 Å². The van der Waals surface area contributed by atoms with Gasteiger partial charge < -0.3 is 4.74 Å². The Morgan fingerprint density at radius 3 is 2.50 bits per heavy atom. The van der Waals surface area contributed by atoms with E-state index >= 15 is 0 Å². The molecule has 0 saturated heterocycles. The molecule has 0 amide bonds. The molecule has 2 bridgehead atoms. The van der Waals surface area contributed by atoms with Gasteiger partial charge in [0.25, 0.3) is 0 Å². The first-order valence-corrected chi connectivity index (χ1v) is 6.08. The molecule has 2 aliphatic carbocycles. The number of rotatable bonds is 2. The van der Waals surface area contributed by atoms with E-state index in [1.54, 1.807) is 6.92 Å². The average Bonchev–Trinajstić information content (AvgIpc) is 2.53. The van der Waals surface area contributed by atoms with E-state index in [4.69, 9.17) is 4.74 Å². The number of fused-ring (bicyclic) bond motifs is 2. The fraction of sp³-hybridized carbons (Fsp3) is 0.846. The van der Waals surface area contributed by atoms with Gasteiger partial charge in [0.15, 0.2) is 11.9 Å². The summed E-state index contributed by atoms with van der Waals surface area (Å²) in [5.74, 6) is 0.0846. The maximum Gasteiger partial charge on any atom is 0.306 e. The molecule has 0 spiro atoms. The molecule has 3 unspecified atom stereocenters. The number of carbonyl (C=O) groups excluding carboxylic acids is 2. The van der Waals surface area contributed by atoms with E-state index in [0.717, 1.165) is 12.8 Å². The van der Waals surface area contributed by atoms with E-state index in [1.165, 1.54) is 0 Å². The molecule has 2 aliphatic rings. The Balaban J connectivity index is 2.26. The van der Waals surface area contributed by atoms with Crippen LogP contribution in [0.25, 0.3) is 0 Å². The summed E-state index contributed by atoms with van der Waals surface area (Å²) >= 11 is 0. The van der Waals surface area contributed by atoms with Gasteiger partial charge in [-0.1, -0.05) is 27.7 Å². The first-order chi connectivity index (χ1) is 7.34. The van der Waals surface area contributed by atoms with Crippen LogP contribution < -0.4 is 0 Å². The molecule has 2 saturated carbocycles. The molecular formula is C13H20O3. The fourth-order valence-corrected chi connectivity index (χ4v) is 3.36. The fourth-order valence-electron chi connectivity index (χ4n) is 3.36. The van der Waals surface area contributed by atoms with Crippen molar-refractivity contribution in [1.82, 2.24) is 0 Å². The number of esters is 1. The van der Waals surface area contributed by atoms with Crippen LogP contribution in [0.3, 0.4) is 0 Å². The van der Waals surface area contributed by atoms with Crippen molar-refractivity contribution in [2.45, 2.75) is 53.1 Å². The third-order valence-corrected chi connectivity index (χ3v) is 5.02. The van der Waals surface area contributed by atoms with Gasteiger partial charge in [0.1, 0.15) is 0 Å². The third-order valence-electron chi connectivity index (χ3n) is 5.02. The lowest BCUT2D eigenvalue weighted by Gasteiger charge is -2.31. The van der Waals surface area contributed by atoms with Gasteiger partial charge in [0, 0.05) is 17.8 Å². The van der Waals surface area contributed by atoms with Gasteiger partial charge in [-0.2, -0.15) is 0 Å². The highest BCUT2D eigenvalue weighted by Gasteiger charge is 2.67.